The molecule has 1 fully saturated rings. The molecule has 1 aliphatic carbocycles. The van der Waals surface area contributed by atoms with E-state index in [1.807, 2.05) is 40.0 Å². The second kappa shape index (κ2) is 11.1. The molecule has 8 nitrogen and oxygen atoms in total. The van der Waals surface area contributed by atoms with Gasteiger partial charge in [0.05, 0.1) is 28.7 Å². The van der Waals surface area contributed by atoms with Crippen molar-refractivity contribution >= 4 is 44.8 Å². The Hall–Kier alpha value is -3.14. The van der Waals surface area contributed by atoms with Gasteiger partial charge in [0.2, 0.25) is 0 Å². The van der Waals surface area contributed by atoms with Crippen LogP contribution in [0.3, 0.4) is 0 Å². The molecule has 2 aromatic heterocycles. The summed E-state index contributed by atoms with van der Waals surface area (Å²) in [4.78, 5) is 16.8. The number of amides is 1. The maximum atomic E-state index is 13.9. The highest BCUT2D eigenvalue weighted by atomic mass is 79.9. The molecule has 0 saturated heterocycles. The van der Waals surface area contributed by atoms with Crippen molar-refractivity contribution in [2.24, 2.45) is 10.7 Å². The summed E-state index contributed by atoms with van der Waals surface area (Å²) >= 11 is 3.53. The molecule has 0 bridgehead atoms. The lowest BCUT2D eigenvalue weighted by Crippen LogP contribution is -2.42. The highest BCUT2D eigenvalue weighted by Gasteiger charge is 2.26. The SMILES string of the molecule is CCc1ccc(F)cc1N=C(N)c1cnn2cc(Br)cc2c1NC1CCC(NC(=O)OC(C)(C)C)CC1. The topological polar surface area (TPSA) is 106 Å². The lowest BCUT2D eigenvalue weighted by molar-refractivity contribution is 0.0492. The Morgan fingerprint density at radius 1 is 1.24 bits per heavy atom. The first kappa shape index (κ1) is 26.9. The number of hydrogen-bond donors (Lipinski definition) is 3. The number of carbonyl (C=O) groups is 1. The van der Waals surface area contributed by atoms with E-state index in [4.69, 9.17) is 10.5 Å². The van der Waals surface area contributed by atoms with Crippen LogP contribution in [0.2, 0.25) is 0 Å². The van der Waals surface area contributed by atoms with Gasteiger partial charge in [-0.25, -0.2) is 18.7 Å². The van der Waals surface area contributed by atoms with Gasteiger partial charge in [-0.3, -0.25) is 0 Å². The highest BCUT2D eigenvalue weighted by Crippen LogP contribution is 2.31. The first-order valence-electron chi connectivity index (χ1n) is 12.6. The van der Waals surface area contributed by atoms with Crippen molar-refractivity contribution in [3.05, 3.63) is 58.1 Å². The van der Waals surface area contributed by atoms with Gasteiger partial charge in [0, 0.05) is 22.8 Å². The van der Waals surface area contributed by atoms with E-state index in [9.17, 15) is 9.18 Å². The normalized spacial score (nSPS) is 18.6. The second-order valence-electron chi connectivity index (χ2n) is 10.4. The zero-order chi connectivity index (χ0) is 26.7. The predicted molar refractivity (Wildman–Crippen MR) is 148 cm³/mol. The number of benzene rings is 1. The number of nitrogens with one attached hydrogen (secondary N) is 2. The fourth-order valence-electron chi connectivity index (χ4n) is 4.56. The van der Waals surface area contributed by atoms with Crippen LogP contribution in [0.15, 0.2) is 46.1 Å². The predicted octanol–water partition coefficient (Wildman–Crippen LogP) is 6.08. The number of ether oxygens (including phenoxy) is 1. The van der Waals surface area contributed by atoms with E-state index in [-0.39, 0.29) is 29.8 Å². The van der Waals surface area contributed by atoms with Gasteiger partial charge in [0.15, 0.2) is 0 Å². The average molecular weight is 574 g/mol. The van der Waals surface area contributed by atoms with Gasteiger partial charge in [-0.15, -0.1) is 0 Å². The quantitative estimate of drug-likeness (QED) is 0.245. The number of aryl methyl sites for hydroxylation is 1. The van der Waals surface area contributed by atoms with E-state index in [2.05, 4.69) is 36.7 Å². The Kier molecular flexibility index (Phi) is 8.06. The summed E-state index contributed by atoms with van der Waals surface area (Å²) in [5.74, 6) is -0.0988. The molecule has 4 rings (SSSR count). The molecule has 0 spiro atoms. The number of nitrogens with zero attached hydrogens (tertiary/aromatic N) is 3. The smallest absolute Gasteiger partial charge is 0.407 e. The van der Waals surface area contributed by atoms with Gasteiger partial charge < -0.3 is 21.1 Å². The van der Waals surface area contributed by atoms with Crippen LogP contribution in [0.5, 0.6) is 0 Å². The van der Waals surface area contributed by atoms with Crippen molar-refractivity contribution in [3.63, 3.8) is 0 Å². The maximum absolute atomic E-state index is 13.9. The average Bonchev–Trinajstić information content (AvgIpc) is 3.20. The molecule has 2 heterocycles. The van der Waals surface area contributed by atoms with Crippen LogP contribution in [0.1, 0.15) is 64.5 Å². The largest absolute Gasteiger partial charge is 0.444 e. The van der Waals surface area contributed by atoms with Gasteiger partial charge in [-0.1, -0.05) is 13.0 Å². The first-order chi connectivity index (χ1) is 17.5. The summed E-state index contributed by atoms with van der Waals surface area (Å²) in [6.45, 7) is 7.56. The minimum atomic E-state index is -0.525. The fraction of sp³-hybridized carbons (Fsp3) is 0.444. The van der Waals surface area contributed by atoms with E-state index in [1.54, 1.807) is 16.8 Å². The van der Waals surface area contributed by atoms with Crippen molar-refractivity contribution in [2.75, 3.05) is 5.32 Å². The third kappa shape index (κ3) is 6.80. The fourth-order valence-corrected chi connectivity index (χ4v) is 4.97. The minimum Gasteiger partial charge on any atom is -0.444 e. The third-order valence-corrected chi connectivity index (χ3v) is 6.78. The molecule has 198 valence electrons. The third-order valence-electron chi connectivity index (χ3n) is 6.35. The summed E-state index contributed by atoms with van der Waals surface area (Å²) in [5, 5.41) is 11.2. The number of anilines is 1. The van der Waals surface area contributed by atoms with E-state index in [0.717, 1.165) is 46.9 Å². The summed E-state index contributed by atoms with van der Waals surface area (Å²) in [7, 11) is 0. The van der Waals surface area contributed by atoms with Gasteiger partial charge in [0.1, 0.15) is 17.3 Å². The number of hydrogen-bond acceptors (Lipinski definition) is 5. The van der Waals surface area contributed by atoms with Crippen LogP contribution < -0.4 is 16.4 Å². The monoisotopic (exact) mass is 572 g/mol. The molecule has 0 aliphatic heterocycles. The standard InChI is InChI=1S/C27H34BrFN6O2/c1-5-16-6-7-18(29)13-22(16)34-25(30)21-14-31-35-15-17(28)12-23(35)24(21)32-19-8-10-20(11-9-19)33-26(36)37-27(2,3)4/h6-7,12-15,19-20,32H,5,8-11H2,1-4H3,(H2,30,34)(H,33,36). The lowest BCUT2D eigenvalue weighted by atomic mass is 9.91. The van der Waals surface area contributed by atoms with Gasteiger partial charge >= 0.3 is 6.09 Å². The molecule has 1 saturated carbocycles. The van der Waals surface area contributed by atoms with Crippen LogP contribution in [0.4, 0.5) is 20.6 Å². The molecule has 0 unspecified atom stereocenters. The molecule has 37 heavy (non-hydrogen) atoms. The molecule has 0 atom stereocenters. The lowest BCUT2D eigenvalue weighted by Gasteiger charge is -2.31. The number of halogens is 2. The number of aromatic nitrogens is 2. The van der Waals surface area contributed by atoms with E-state index in [1.165, 1.54) is 12.1 Å². The minimum absolute atomic E-state index is 0.0688. The van der Waals surface area contributed by atoms with Crippen molar-refractivity contribution in [3.8, 4) is 0 Å². The number of alkyl carbamates (subject to hydrolysis) is 1. The number of fused-ring (bicyclic) bond motifs is 1. The van der Waals surface area contributed by atoms with Crippen LogP contribution in [-0.2, 0) is 11.2 Å². The number of amidine groups is 1. The molecule has 0 radical (unpaired) electrons. The van der Waals surface area contributed by atoms with E-state index >= 15 is 0 Å². The Bertz CT molecular complexity index is 1310. The molecule has 1 amide bonds. The Morgan fingerprint density at radius 3 is 2.62 bits per heavy atom. The Balaban J connectivity index is 1.56. The zero-order valence-corrected chi connectivity index (χ0v) is 23.2. The zero-order valence-electron chi connectivity index (χ0n) is 21.6. The van der Waals surface area contributed by atoms with E-state index in [0.29, 0.717) is 17.7 Å². The molecule has 10 heteroatoms. The van der Waals surface area contributed by atoms with E-state index < -0.39 is 5.60 Å². The van der Waals surface area contributed by atoms with Crippen molar-refractivity contribution in [1.82, 2.24) is 14.9 Å². The van der Waals surface area contributed by atoms with Crippen molar-refractivity contribution in [1.29, 1.82) is 0 Å². The summed E-state index contributed by atoms with van der Waals surface area (Å²) in [6, 6.07) is 6.78. The van der Waals surface area contributed by atoms with Crippen LogP contribution in [-0.4, -0.2) is 39.2 Å². The maximum Gasteiger partial charge on any atom is 0.407 e. The molecule has 3 aromatic rings. The van der Waals surface area contributed by atoms with Gasteiger partial charge in [0.25, 0.3) is 0 Å². The summed E-state index contributed by atoms with van der Waals surface area (Å²) < 4.78 is 22.0. The van der Waals surface area contributed by atoms with Crippen LogP contribution >= 0.6 is 15.9 Å². The molecule has 1 aromatic carbocycles. The highest BCUT2D eigenvalue weighted by molar-refractivity contribution is 9.10. The van der Waals surface area contributed by atoms with Gasteiger partial charge in [-0.2, -0.15) is 5.10 Å². The number of aliphatic imine (C=N–C) groups is 1. The number of rotatable bonds is 6. The molecule has 4 N–H and O–H groups in total. The summed E-state index contributed by atoms with van der Waals surface area (Å²) in [5.41, 5.74) is 9.72. The van der Waals surface area contributed by atoms with Crippen LogP contribution in [0.25, 0.3) is 5.52 Å². The number of carbonyl (C=O) groups excluding carboxylic acids is 1. The second-order valence-corrected chi connectivity index (χ2v) is 11.3. The molecule has 1 aliphatic rings. The summed E-state index contributed by atoms with van der Waals surface area (Å²) in [6.07, 6.45) is 7.25. The van der Waals surface area contributed by atoms with Gasteiger partial charge in [-0.05, 0) is 92.6 Å². The van der Waals surface area contributed by atoms with Crippen LogP contribution in [0, 0.1) is 5.82 Å². The number of nitrogens with two attached hydrogens (primary N) is 1. The van der Waals surface area contributed by atoms with Crippen molar-refractivity contribution in [2.45, 2.75) is 77.5 Å². The Labute approximate surface area is 225 Å². The Morgan fingerprint density at radius 2 is 1.95 bits per heavy atom. The van der Waals surface area contributed by atoms with Crippen molar-refractivity contribution < 1.29 is 13.9 Å². The first-order valence-corrected chi connectivity index (χ1v) is 13.4. The molecular weight excluding hydrogens is 539 g/mol. The molecular formula is C27H34BrFN6O2.